The molecule has 1 saturated heterocycles. The van der Waals surface area contributed by atoms with Crippen molar-refractivity contribution < 1.29 is 5.11 Å². The van der Waals surface area contributed by atoms with Crippen molar-refractivity contribution in [1.29, 1.82) is 0 Å². The molecule has 1 fully saturated rings. The summed E-state index contributed by atoms with van der Waals surface area (Å²) in [5.74, 6) is 0.582. The van der Waals surface area contributed by atoms with Crippen molar-refractivity contribution in [1.82, 2.24) is 5.32 Å². The third-order valence-electron chi connectivity index (χ3n) is 3.14. The first-order valence-corrected chi connectivity index (χ1v) is 6.83. The van der Waals surface area contributed by atoms with E-state index in [1.165, 1.54) is 5.69 Å². The number of hydrogen-bond acceptors (Lipinski definition) is 3. The summed E-state index contributed by atoms with van der Waals surface area (Å²) >= 11 is 3.59. The van der Waals surface area contributed by atoms with Crippen LogP contribution in [0.15, 0.2) is 28.7 Å². The Hall–Kier alpha value is -0.580. The molecule has 0 aromatic heterocycles. The fourth-order valence-electron chi connectivity index (χ4n) is 2.24. The van der Waals surface area contributed by atoms with E-state index in [9.17, 15) is 5.11 Å². The summed E-state index contributed by atoms with van der Waals surface area (Å²) < 4.78 is 1.12. The van der Waals surface area contributed by atoms with Crippen molar-refractivity contribution in [2.45, 2.75) is 13.0 Å². The predicted octanol–water partition coefficient (Wildman–Crippen LogP) is 1.86. The minimum absolute atomic E-state index is 0.159. The molecule has 2 atom stereocenters. The van der Waals surface area contributed by atoms with Crippen LogP contribution in [0, 0.1) is 5.92 Å². The number of nitrogens with zero attached hydrogens (tertiary/aromatic N) is 1. The molecule has 0 radical (unpaired) electrons. The summed E-state index contributed by atoms with van der Waals surface area (Å²) in [6, 6.07) is 8.42. The van der Waals surface area contributed by atoms with E-state index in [1.807, 2.05) is 6.07 Å². The molecular weight excluding hydrogens is 280 g/mol. The van der Waals surface area contributed by atoms with Gasteiger partial charge in [-0.15, -0.1) is 0 Å². The molecule has 1 aliphatic heterocycles. The Bertz CT molecular complexity index is 372. The average molecular weight is 299 g/mol. The minimum Gasteiger partial charge on any atom is -0.395 e. The molecule has 2 N–H and O–H groups in total. The lowest BCUT2D eigenvalue weighted by Gasteiger charge is -2.27. The van der Waals surface area contributed by atoms with E-state index in [-0.39, 0.29) is 12.6 Å². The van der Waals surface area contributed by atoms with Gasteiger partial charge < -0.3 is 15.3 Å². The van der Waals surface area contributed by atoms with Gasteiger partial charge in [-0.1, -0.05) is 19.1 Å². The maximum atomic E-state index is 9.34. The molecule has 1 aromatic rings. The van der Waals surface area contributed by atoms with Gasteiger partial charge in [0.05, 0.1) is 12.3 Å². The van der Waals surface area contributed by atoms with Gasteiger partial charge in [0.1, 0.15) is 0 Å². The van der Waals surface area contributed by atoms with Crippen molar-refractivity contribution >= 4 is 21.6 Å². The molecule has 1 aromatic carbocycles. The lowest BCUT2D eigenvalue weighted by atomic mass is 10.1. The van der Waals surface area contributed by atoms with Crippen LogP contribution in [0.3, 0.4) is 0 Å². The first-order chi connectivity index (χ1) is 8.20. The third-order valence-corrected chi connectivity index (χ3v) is 3.81. The Morgan fingerprint density at radius 3 is 2.88 bits per heavy atom. The van der Waals surface area contributed by atoms with Crippen LogP contribution in [-0.4, -0.2) is 37.4 Å². The highest BCUT2D eigenvalue weighted by molar-refractivity contribution is 9.10. The van der Waals surface area contributed by atoms with Gasteiger partial charge in [0.2, 0.25) is 0 Å². The summed E-state index contributed by atoms with van der Waals surface area (Å²) in [6.45, 7) is 5.26. The molecule has 1 aliphatic rings. The number of anilines is 1. The van der Waals surface area contributed by atoms with E-state index >= 15 is 0 Å². The van der Waals surface area contributed by atoms with Gasteiger partial charge in [0.25, 0.3) is 0 Å². The van der Waals surface area contributed by atoms with Crippen molar-refractivity contribution in [2.75, 3.05) is 31.1 Å². The van der Waals surface area contributed by atoms with Gasteiger partial charge in [-0.3, -0.25) is 0 Å². The molecule has 0 saturated carbocycles. The molecule has 94 valence electrons. The second kappa shape index (κ2) is 5.85. The fraction of sp³-hybridized carbons (Fsp3) is 0.538. The van der Waals surface area contributed by atoms with E-state index in [0.717, 1.165) is 24.1 Å². The molecule has 3 nitrogen and oxygen atoms in total. The van der Waals surface area contributed by atoms with Gasteiger partial charge >= 0.3 is 0 Å². The molecule has 0 aliphatic carbocycles. The highest BCUT2D eigenvalue weighted by atomic mass is 79.9. The number of aliphatic hydroxyl groups excluding tert-OH is 1. The number of rotatable bonds is 2. The normalized spacial score (nSPS) is 25.7. The number of aliphatic hydroxyl groups is 1. The Kier molecular flexibility index (Phi) is 4.42. The molecular formula is C13H19BrN2O. The maximum Gasteiger partial charge on any atom is 0.0601 e. The number of para-hydroxylation sites is 1. The lowest BCUT2D eigenvalue weighted by molar-refractivity contribution is 0.247. The monoisotopic (exact) mass is 298 g/mol. The lowest BCUT2D eigenvalue weighted by Crippen LogP contribution is -2.40. The third kappa shape index (κ3) is 3.21. The first kappa shape index (κ1) is 12.9. The zero-order chi connectivity index (χ0) is 12.3. The summed E-state index contributed by atoms with van der Waals surface area (Å²) in [4.78, 5) is 2.34. The van der Waals surface area contributed by atoms with Crippen LogP contribution in [0.2, 0.25) is 0 Å². The standard InChI is InChI=1S/C13H19BrN2O/c1-10-6-15-11(9-17)8-16(7-10)13-5-3-2-4-12(13)14/h2-5,10-11,15,17H,6-9H2,1H3. The molecule has 0 spiro atoms. The van der Waals surface area contributed by atoms with E-state index in [2.05, 4.69) is 51.3 Å². The van der Waals surface area contributed by atoms with Crippen LogP contribution in [0.4, 0.5) is 5.69 Å². The molecule has 0 amide bonds. The summed E-state index contributed by atoms with van der Waals surface area (Å²) in [6.07, 6.45) is 0. The Labute approximate surface area is 111 Å². The number of benzene rings is 1. The number of hydrogen-bond donors (Lipinski definition) is 2. The van der Waals surface area contributed by atoms with Gasteiger partial charge in [-0.25, -0.2) is 0 Å². The van der Waals surface area contributed by atoms with Crippen LogP contribution in [0.5, 0.6) is 0 Å². The highest BCUT2D eigenvalue weighted by Crippen LogP contribution is 2.27. The maximum absolute atomic E-state index is 9.34. The van der Waals surface area contributed by atoms with E-state index < -0.39 is 0 Å². The second-order valence-corrected chi connectivity index (χ2v) is 5.60. The zero-order valence-corrected chi connectivity index (χ0v) is 11.7. The fourth-order valence-corrected chi connectivity index (χ4v) is 2.78. The van der Waals surface area contributed by atoms with Crippen molar-refractivity contribution in [3.63, 3.8) is 0 Å². The van der Waals surface area contributed by atoms with Crippen LogP contribution in [-0.2, 0) is 0 Å². The van der Waals surface area contributed by atoms with E-state index in [0.29, 0.717) is 5.92 Å². The summed E-state index contributed by atoms with van der Waals surface area (Å²) in [5.41, 5.74) is 1.21. The molecule has 4 heteroatoms. The molecule has 17 heavy (non-hydrogen) atoms. The van der Waals surface area contributed by atoms with Crippen molar-refractivity contribution in [3.8, 4) is 0 Å². The van der Waals surface area contributed by atoms with Crippen LogP contribution in [0.1, 0.15) is 6.92 Å². The SMILES string of the molecule is CC1CNC(CO)CN(c2ccccc2Br)C1. The first-order valence-electron chi connectivity index (χ1n) is 6.04. The van der Waals surface area contributed by atoms with Crippen LogP contribution in [0.25, 0.3) is 0 Å². The average Bonchev–Trinajstić information content (AvgIpc) is 2.51. The minimum atomic E-state index is 0.159. The van der Waals surface area contributed by atoms with Gasteiger partial charge in [0, 0.05) is 23.6 Å². The van der Waals surface area contributed by atoms with E-state index in [4.69, 9.17) is 0 Å². The summed E-state index contributed by atoms with van der Waals surface area (Å²) in [5, 5.41) is 12.7. The molecule has 0 bridgehead atoms. The molecule has 2 rings (SSSR count). The number of halogens is 1. The Morgan fingerprint density at radius 2 is 2.18 bits per heavy atom. The molecule has 2 unspecified atom stereocenters. The van der Waals surface area contributed by atoms with Gasteiger partial charge in [-0.2, -0.15) is 0 Å². The second-order valence-electron chi connectivity index (χ2n) is 4.75. The molecule has 1 heterocycles. The summed E-state index contributed by atoms with van der Waals surface area (Å²) in [7, 11) is 0. The number of nitrogens with one attached hydrogen (secondary N) is 1. The van der Waals surface area contributed by atoms with Crippen molar-refractivity contribution in [2.24, 2.45) is 5.92 Å². The topological polar surface area (TPSA) is 35.5 Å². The highest BCUT2D eigenvalue weighted by Gasteiger charge is 2.21. The quantitative estimate of drug-likeness (QED) is 0.875. The zero-order valence-electron chi connectivity index (χ0n) is 10.1. The smallest absolute Gasteiger partial charge is 0.0601 e. The van der Waals surface area contributed by atoms with E-state index in [1.54, 1.807) is 0 Å². The van der Waals surface area contributed by atoms with Crippen LogP contribution >= 0.6 is 15.9 Å². The Balaban J connectivity index is 2.20. The largest absolute Gasteiger partial charge is 0.395 e. The predicted molar refractivity (Wildman–Crippen MR) is 74.4 cm³/mol. The van der Waals surface area contributed by atoms with Gasteiger partial charge in [0.15, 0.2) is 0 Å². The Morgan fingerprint density at radius 1 is 1.41 bits per heavy atom. The van der Waals surface area contributed by atoms with Crippen LogP contribution < -0.4 is 10.2 Å². The van der Waals surface area contributed by atoms with Crippen molar-refractivity contribution in [3.05, 3.63) is 28.7 Å². The van der Waals surface area contributed by atoms with Gasteiger partial charge in [-0.05, 0) is 40.5 Å².